The van der Waals surface area contributed by atoms with Crippen LogP contribution < -0.4 is 16.0 Å². The highest BCUT2D eigenvalue weighted by Crippen LogP contribution is 2.32. The number of aromatic nitrogens is 4. The summed E-state index contributed by atoms with van der Waals surface area (Å²) in [5, 5.41) is 25.3. The van der Waals surface area contributed by atoms with Gasteiger partial charge in [-0.1, -0.05) is 127 Å². The van der Waals surface area contributed by atoms with E-state index >= 15 is 0 Å². The van der Waals surface area contributed by atoms with Gasteiger partial charge >= 0.3 is 5.97 Å². The molecule has 2 aliphatic heterocycles. The number of carbonyl (C=O) groups excluding carboxylic acids is 1. The van der Waals surface area contributed by atoms with Gasteiger partial charge < -0.3 is 14.7 Å². The lowest BCUT2D eigenvalue weighted by atomic mass is 9.96. The van der Waals surface area contributed by atoms with Gasteiger partial charge in [0.15, 0.2) is 0 Å². The summed E-state index contributed by atoms with van der Waals surface area (Å²) in [4.78, 5) is 49.9. The fourth-order valence-corrected chi connectivity index (χ4v) is 8.46. The first kappa shape index (κ1) is 45.0. The van der Waals surface area contributed by atoms with Gasteiger partial charge in [-0.25, -0.2) is 10.2 Å². The molecule has 4 heterocycles. The van der Waals surface area contributed by atoms with Crippen molar-refractivity contribution >= 4 is 39.1 Å². The van der Waals surface area contributed by atoms with E-state index in [0.29, 0.717) is 16.5 Å². The summed E-state index contributed by atoms with van der Waals surface area (Å²) in [5.74, 6) is -1.56. The van der Waals surface area contributed by atoms with E-state index in [9.17, 15) is 19.2 Å². The van der Waals surface area contributed by atoms with Gasteiger partial charge in [-0.3, -0.25) is 19.2 Å². The first-order valence-electron chi connectivity index (χ1n) is 22.4. The zero-order valence-electron chi connectivity index (χ0n) is 37.1. The van der Waals surface area contributed by atoms with Crippen LogP contribution in [0, 0.1) is 6.42 Å². The SMILES string of the molecule is C1CCOC1.CC(C(=O)N1CCc2ccccc21)c1ccc(-c2n[nH]c(=O)c3ccccc23)cc1.CC(C(=O)O)c1ccc(-c2n[nH]c(=O)c3ccccc23)cc1.c1ccc2c(c1)C[CH+]C2. The maximum absolute atomic E-state index is 13.1. The van der Waals surface area contributed by atoms with E-state index < -0.39 is 11.9 Å². The second-order valence-corrected chi connectivity index (χ2v) is 16.6. The van der Waals surface area contributed by atoms with Crippen LogP contribution in [0.4, 0.5) is 5.69 Å². The Hall–Kier alpha value is -7.63. The van der Waals surface area contributed by atoms with Gasteiger partial charge in [-0.05, 0) is 68.0 Å². The third-order valence-corrected chi connectivity index (χ3v) is 12.3. The lowest BCUT2D eigenvalue weighted by Crippen LogP contribution is -2.32. The number of rotatable bonds is 6. The third kappa shape index (κ3) is 10.2. The molecule has 8 aromatic rings. The number of anilines is 1. The van der Waals surface area contributed by atoms with Crippen molar-refractivity contribution in [2.45, 2.75) is 57.8 Å². The predicted molar refractivity (Wildman–Crippen MR) is 261 cm³/mol. The monoisotopic (exact) mass is 878 g/mol. The van der Waals surface area contributed by atoms with E-state index in [1.165, 1.54) is 42.4 Å². The summed E-state index contributed by atoms with van der Waals surface area (Å²) in [6.07, 6.45) is 8.13. The topological polar surface area (TPSA) is 158 Å². The summed E-state index contributed by atoms with van der Waals surface area (Å²) in [5.41, 5.74) is 9.66. The molecule has 1 aliphatic carbocycles. The molecular weight excluding hydrogens is 827 g/mol. The molecule has 2 unspecified atom stereocenters. The van der Waals surface area contributed by atoms with Crippen molar-refractivity contribution in [3.8, 4) is 22.5 Å². The number of hydrogen-bond donors (Lipinski definition) is 3. The molecule has 0 spiro atoms. The first-order chi connectivity index (χ1) is 32.2. The quantitative estimate of drug-likeness (QED) is 0.139. The Labute approximate surface area is 383 Å². The zero-order valence-corrected chi connectivity index (χ0v) is 37.1. The number of H-pyrrole nitrogens is 2. The van der Waals surface area contributed by atoms with E-state index in [1.807, 2.05) is 96.8 Å². The Morgan fingerprint density at radius 3 is 1.50 bits per heavy atom. The largest absolute Gasteiger partial charge is 0.481 e. The molecule has 11 nitrogen and oxygen atoms in total. The number of nitrogens with zero attached hydrogens (tertiary/aromatic N) is 3. The van der Waals surface area contributed by atoms with Gasteiger partial charge in [0.25, 0.3) is 11.1 Å². The molecule has 0 saturated carbocycles. The van der Waals surface area contributed by atoms with E-state index in [-0.39, 0.29) is 22.9 Å². The number of benzene rings is 6. The summed E-state index contributed by atoms with van der Waals surface area (Å²) in [7, 11) is 0. The predicted octanol–water partition coefficient (Wildman–Crippen LogP) is 9.85. The molecule has 1 amide bonds. The minimum absolute atomic E-state index is 0.111. The van der Waals surface area contributed by atoms with Gasteiger partial charge in [0.2, 0.25) is 5.91 Å². The third-order valence-electron chi connectivity index (χ3n) is 12.3. The fourth-order valence-electron chi connectivity index (χ4n) is 8.46. The zero-order chi connectivity index (χ0) is 46.0. The van der Waals surface area contributed by atoms with Gasteiger partial charge in [-0.2, -0.15) is 10.2 Å². The van der Waals surface area contributed by atoms with Gasteiger partial charge in [0, 0.05) is 58.5 Å². The van der Waals surface area contributed by atoms with Crippen molar-refractivity contribution in [2.75, 3.05) is 24.7 Å². The molecule has 6 aromatic carbocycles. The average Bonchev–Trinajstić information content (AvgIpc) is 4.19. The van der Waals surface area contributed by atoms with Crippen LogP contribution in [0.2, 0.25) is 0 Å². The van der Waals surface area contributed by atoms with Crippen LogP contribution in [0.15, 0.2) is 155 Å². The van der Waals surface area contributed by atoms with E-state index in [2.05, 4.69) is 57.1 Å². The molecular formula is C55H52N5O6+. The first-order valence-corrected chi connectivity index (χ1v) is 22.4. The Kier molecular flexibility index (Phi) is 14.2. The number of nitrogens with one attached hydrogen (secondary N) is 2. The van der Waals surface area contributed by atoms with Crippen LogP contribution in [0.1, 0.15) is 66.3 Å². The van der Waals surface area contributed by atoms with Crippen LogP contribution in [0.25, 0.3) is 44.1 Å². The Morgan fingerprint density at radius 1 is 0.591 bits per heavy atom. The number of fused-ring (bicyclic) bond motifs is 4. The number of amides is 1. The maximum Gasteiger partial charge on any atom is 0.310 e. The maximum atomic E-state index is 13.1. The summed E-state index contributed by atoms with van der Waals surface area (Å²) in [6, 6.07) is 46.5. The normalized spacial score (nSPS) is 14.2. The van der Waals surface area contributed by atoms with Crippen molar-refractivity contribution in [1.29, 1.82) is 0 Å². The van der Waals surface area contributed by atoms with E-state index in [1.54, 1.807) is 37.3 Å². The van der Waals surface area contributed by atoms with Crippen LogP contribution >= 0.6 is 0 Å². The molecule has 0 bridgehead atoms. The smallest absolute Gasteiger partial charge is 0.310 e. The average molecular weight is 879 g/mol. The fraction of sp³-hybridized carbons (Fsp3) is 0.218. The Balaban J connectivity index is 0.000000142. The summed E-state index contributed by atoms with van der Waals surface area (Å²) >= 11 is 0. The van der Waals surface area contributed by atoms with Gasteiger partial charge in [0.05, 0.1) is 40.4 Å². The van der Waals surface area contributed by atoms with Gasteiger partial charge in [0.1, 0.15) is 12.8 Å². The van der Waals surface area contributed by atoms with E-state index in [0.717, 1.165) is 70.6 Å². The van der Waals surface area contributed by atoms with Crippen molar-refractivity contribution in [1.82, 2.24) is 20.4 Å². The summed E-state index contributed by atoms with van der Waals surface area (Å²) < 4.78 is 4.94. The van der Waals surface area contributed by atoms with E-state index in [4.69, 9.17) is 9.84 Å². The molecule has 2 atom stereocenters. The molecule has 1 saturated heterocycles. The number of aromatic amines is 2. The molecule has 3 aliphatic rings. The van der Waals surface area contributed by atoms with Crippen LogP contribution in [-0.2, 0) is 33.6 Å². The lowest BCUT2D eigenvalue weighted by Gasteiger charge is -2.22. The second kappa shape index (κ2) is 20.9. The molecule has 3 N–H and O–H groups in total. The molecule has 0 radical (unpaired) electrons. The van der Waals surface area contributed by atoms with Gasteiger partial charge in [-0.15, -0.1) is 0 Å². The molecule has 1 fully saturated rings. The highest BCUT2D eigenvalue weighted by molar-refractivity contribution is 6.00. The van der Waals surface area contributed by atoms with Crippen LogP contribution in [0.3, 0.4) is 0 Å². The number of carbonyl (C=O) groups is 2. The lowest BCUT2D eigenvalue weighted by molar-refractivity contribution is -0.138. The minimum Gasteiger partial charge on any atom is -0.481 e. The number of ether oxygens (including phenoxy) is 1. The Morgan fingerprint density at radius 2 is 1.03 bits per heavy atom. The second-order valence-electron chi connectivity index (χ2n) is 16.6. The standard InChI is InChI=1S/C25H21N3O2.C17H14N2O3.C9H9.C4H8O/c1-16(25(30)28-15-14-18-6-2-5-9-22(18)28)17-10-12-19(13-11-17)23-20-7-3-4-8-21(20)24(29)27-26-23;1-10(17(21)22)11-6-8-12(9-7-11)15-13-4-2-3-5-14(13)16(20)19-18-15;1-2-5-9-7-3-6-8(9)4-1;1-2-4-5-3-1/h2-13,16H,14-15H2,1H3,(H,27,29);2-10H,1H3,(H,19,20)(H,21,22);1-5H,6-7H2;1-4H2/q;;+1;. The van der Waals surface area contributed by atoms with Crippen molar-refractivity contribution in [2.24, 2.45) is 0 Å². The summed E-state index contributed by atoms with van der Waals surface area (Å²) in [6.45, 7) is 6.32. The highest BCUT2D eigenvalue weighted by atomic mass is 16.5. The molecule has 332 valence electrons. The minimum atomic E-state index is -0.861. The number of hydrogen-bond acceptors (Lipinski definition) is 7. The molecule has 2 aromatic heterocycles. The van der Waals surface area contributed by atoms with Crippen LogP contribution in [0.5, 0.6) is 0 Å². The number of aliphatic carboxylic acids is 1. The number of para-hydroxylation sites is 1. The molecule has 66 heavy (non-hydrogen) atoms. The van der Waals surface area contributed by atoms with Crippen LogP contribution in [-0.4, -0.2) is 57.1 Å². The molecule has 11 rings (SSSR count). The Bertz CT molecular complexity index is 3050. The van der Waals surface area contributed by atoms with Crippen molar-refractivity contribution in [3.05, 3.63) is 201 Å². The number of carboxylic acid groups (broad SMARTS) is 1. The van der Waals surface area contributed by atoms with Crippen molar-refractivity contribution < 1.29 is 19.4 Å². The van der Waals surface area contributed by atoms with Crippen molar-refractivity contribution in [3.63, 3.8) is 0 Å². The number of carboxylic acids is 1. The molecule has 11 heteroatoms. The highest BCUT2D eigenvalue weighted by Gasteiger charge is 2.28.